The van der Waals surface area contributed by atoms with Crippen molar-refractivity contribution in [1.29, 1.82) is 0 Å². The van der Waals surface area contributed by atoms with E-state index < -0.39 is 17.1 Å². The Morgan fingerprint density at radius 1 is 1.16 bits per heavy atom. The second kappa shape index (κ2) is 7.77. The van der Waals surface area contributed by atoms with E-state index in [9.17, 15) is 14.7 Å². The quantitative estimate of drug-likeness (QED) is 0.360. The number of carbonyl (C=O) groups is 2. The van der Waals surface area contributed by atoms with Crippen molar-refractivity contribution in [3.05, 3.63) is 61.3 Å². The molecule has 3 aromatic rings. The Morgan fingerprint density at radius 2 is 1.90 bits per heavy atom. The molecule has 0 bridgehead atoms. The predicted molar refractivity (Wildman–Crippen MR) is 126 cm³/mol. The highest BCUT2D eigenvalue weighted by atomic mass is 79.9. The lowest BCUT2D eigenvalue weighted by Crippen LogP contribution is -2.32. The largest absolute Gasteiger partial charge is 0.504 e. The number of phenolic OH excluding ortho intramolecular Hbond substituents is 1. The zero-order valence-electron chi connectivity index (χ0n) is 16.0. The number of aromatic nitrogens is 1. The van der Waals surface area contributed by atoms with Gasteiger partial charge in [0.05, 0.1) is 23.7 Å². The van der Waals surface area contributed by atoms with E-state index >= 15 is 0 Å². The van der Waals surface area contributed by atoms with Crippen molar-refractivity contribution in [3.63, 3.8) is 0 Å². The number of aromatic amines is 1. The van der Waals surface area contributed by atoms with E-state index in [0.717, 1.165) is 19.9 Å². The fourth-order valence-corrected chi connectivity index (χ4v) is 7.35. The molecule has 2 amide bonds. The van der Waals surface area contributed by atoms with Crippen LogP contribution in [0.15, 0.2) is 52.0 Å². The fraction of sp³-hybridized carbons (Fsp3) is 0.190. The summed E-state index contributed by atoms with van der Waals surface area (Å²) in [5.74, 6) is -1.19. The second-order valence-electron chi connectivity index (χ2n) is 7.17. The van der Waals surface area contributed by atoms with Crippen LogP contribution in [0.4, 0.5) is 5.69 Å². The first-order valence-corrected chi connectivity index (χ1v) is 12.2. The van der Waals surface area contributed by atoms with Gasteiger partial charge in [-0.05, 0) is 54.2 Å². The summed E-state index contributed by atoms with van der Waals surface area (Å²) in [6, 6.07) is 12.2. The van der Waals surface area contributed by atoms with Gasteiger partial charge in [-0.3, -0.25) is 9.59 Å². The number of hydrogen-bond donors (Lipinski definition) is 2. The van der Waals surface area contributed by atoms with Crippen LogP contribution in [-0.2, 0) is 9.59 Å². The third-order valence-corrected chi connectivity index (χ3v) is 8.75. The van der Waals surface area contributed by atoms with Gasteiger partial charge in [0.25, 0.3) is 0 Å². The average Bonchev–Trinajstić information content (AvgIpc) is 3.23. The molecule has 0 aliphatic carbocycles. The number of nitrogens with one attached hydrogen (secondary N) is 1. The summed E-state index contributed by atoms with van der Waals surface area (Å²) in [6.45, 7) is 0. The van der Waals surface area contributed by atoms with Crippen LogP contribution in [0, 0.1) is 9.87 Å². The summed E-state index contributed by atoms with van der Waals surface area (Å²) in [7, 11) is 1.48. The summed E-state index contributed by atoms with van der Waals surface area (Å²) < 4.78 is 6.61. The molecule has 1 saturated heterocycles. The lowest BCUT2D eigenvalue weighted by Gasteiger charge is -2.30. The molecule has 158 valence electrons. The van der Waals surface area contributed by atoms with E-state index in [2.05, 4.69) is 20.9 Å². The maximum absolute atomic E-state index is 13.6. The molecule has 2 N–H and O–H groups in total. The SMILES string of the molecule is COc1ccc([C@H]2c3sc(=S)[nH]c3S[C@@H]3C(=O)N(c4ccc(Br)cc4)C(=O)[C@H]23)cc1O. The highest BCUT2D eigenvalue weighted by Crippen LogP contribution is 2.54. The number of ether oxygens (including phenoxy) is 1. The summed E-state index contributed by atoms with van der Waals surface area (Å²) in [6.07, 6.45) is 0. The van der Waals surface area contributed by atoms with Gasteiger partial charge in [-0.2, -0.15) is 0 Å². The number of halogens is 1. The molecule has 31 heavy (non-hydrogen) atoms. The number of rotatable bonds is 3. The summed E-state index contributed by atoms with van der Waals surface area (Å²) >= 11 is 11.5. The van der Waals surface area contributed by atoms with Gasteiger partial charge in [0.1, 0.15) is 5.25 Å². The predicted octanol–water partition coefficient (Wildman–Crippen LogP) is 5.08. The molecule has 0 radical (unpaired) electrons. The van der Waals surface area contributed by atoms with E-state index in [0.29, 0.717) is 15.4 Å². The van der Waals surface area contributed by atoms with Crippen molar-refractivity contribution in [2.24, 2.45) is 5.92 Å². The Bertz CT molecular complexity index is 1270. The number of imide groups is 1. The smallest absolute Gasteiger partial charge is 0.248 e. The van der Waals surface area contributed by atoms with E-state index in [1.54, 1.807) is 36.4 Å². The average molecular weight is 535 g/mol. The van der Waals surface area contributed by atoms with Gasteiger partial charge < -0.3 is 14.8 Å². The number of aromatic hydroxyl groups is 1. The number of fused-ring (bicyclic) bond motifs is 2. The number of nitrogens with zero attached hydrogens (tertiary/aromatic N) is 1. The van der Waals surface area contributed by atoms with E-state index in [1.165, 1.54) is 35.1 Å². The third kappa shape index (κ3) is 3.32. The maximum Gasteiger partial charge on any atom is 0.248 e. The Labute approximate surface area is 199 Å². The molecule has 0 saturated carbocycles. The third-order valence-electron chi connectivity index (χ3n) is 5.47. The summed E-state index contributed by atoms with van der Waals surface area (Å²) in [4.78, 5) is 32.3. The zero-order valence-corrected chi connectivity index (χ0v) is 20.0. The van der Waals surface area contributed by atoms with Crippen LogP contribution < -0.4 is 9.64 Å². The zero-order chi connectivity index (χ0) is 21.9. The first-order valence-electron chi connectivity index (χ1n) is 9.29. The molecule has 3 heterocycles. The van der Waals surface area contributed by atoms with Gasteiger partial charge in [-0.15, -0.1) is 11.3 Å². The van der Waals surface area contributed by atoms with Crippen LogP contribution in [0.5, 0.6) is 11.5 Å². The van der Waals surface area contributed by atoms with Crippen LogP contribution in [0.3, 0.4) is 0 Å². The normalized spacial score (nSPS) is 22.4. The van der Waals surface area contributed by atoms with Gasteiger partial charge in [0.2, 0.25) is 11.8 Å². The molecule has 1 fully saturated rings. The first-order chi connectivity index (χ1) is 14.9. The number of hydrogen-bond acceptors (Lipinski definition) is 7. The molecule has 2 aliphatic rings. The molecule has 0 spiro atoms. The number of benzene rings is 2. The van der Waals surface area contributed by atoms with Crippen molar-refractivity contribution < 1.29 is 19.4 Å². The molecule has 10 heteroatoms. The van der Waals surface area contributed by atoms with Gasteiger partial charge in [-0.1, -0.05) is 33.8 Å². The molecular formula is C21H15BrN2O4S3. The van der Waals surface area contributed by atoms with E-state index in [4.69, 9.17) is 17.0 Å². The standard InChI is InChI=1S/C21H15BrN2O4S3/c1-28-13-7-2-9(8-12(13)25)14-15-17(30-18-16(14)31-21(29)23-18)20(27)24(19(15)26)11-5-3-10(22)4-6-11/h2-8,14-15,17,25H,1H3,(H,23,29)/t14-,15-,17+/m1/s1. The minimum atomic E-state index is -0.608. The highest BCUT2D eigenvalue weighted by Gasteiger charge is 2.56. The number of H-pyrrole nitrogens is 1. The minimum absolute atomic E-state index is 0.0167. The molecule has 5 rings (SSSR count). The van der Waals surface area contributed by atoms with Crippen molar-refractivity contribution in [2.45, 2.75) is 16.2 Å². The summed E-state index contributed by atoms with van der Waals surface area (Å²) in [5, 5.41) is 10.6. The number of thioether (sulfide) groups is 1. The van der Waals surface area contributed by atoms with Crippen molar-refractivity contribution >= 4 is 68.7 Å². The second-order valence-corrected chi connectivity index (χ2v) is 11.0. The molecule has 2 aliphatic heterocycles. The summed E-state index contributed by atoms with van der Waals surface area (Å²) in [5.41, 5.74) is 1.28. The molecule has 2 aromatic carbocycles. The lowest BCUT2D eigenvalue weighted by atomic mass is 9.83. The Morgan fingerprint density at radius 3 is 2.58 bits per heavy atom. The monoisotopic (exact) mass is 534 g/mol. The first kappa shape index (κ1) is 20.7. The van der Waals surface area contributed by atoms with Crippen LogP contribution in [0.25, 0.3) is 0 Å². The van der Waals surface area contributed by atoms with Crippen molar-refractivity contribution in [1.82, 2.24) is 4.98 Å². The topological polar surface area (TPSA) is 82.6 Å². The van der Waals surface area contributed by atoms with E-state index in [1.807, 2.05) is 6.07 Å². The van der Waals surface area contributed by atoms with Crippen molar-refractivity contribution in [2.75, 3.05) is 12.0 Å². The number of methoxy groups -OCH3 is 1. The molecule has 1 aromatic heterocycles. The van der Waals surface area contributed by atoms with Crippen LogP contribution in [0.1, 0.15) is 16.4 Å². The molecule has 3 atom stereocenters. The number of thiazole rings is 1. The van der Waals surface area contributed by atoms with E-state index in [-0.39, 0.29) is 17.6 Å². The van der Waals surface area contributed by atoms with Crippen molar-refractivity contribution in [3.8, 4) is 11.5 Å². The number of phenols is 1. The number of amides is 2. The van der Waals surface area contributed by atoms with Gasteiger partial charge in [0.15, 0.2) is 15.5 Å². The molecule has 6 nitrogen and oxygen atoms in total. The Hall–Kier alpha value is -2.14. The Kier molecular flexibility index (Phi) is 5.20. The van der Waals surface area contributed by atoms with Crippen LogP contribution >= 0.6 is 51.2 Å². The van der Waals surface area contributed by atoms with Gasteiger partial charge in [-0.25, -0.2) is 4.90 Å². The van der Waals surface area contributed by atoms with Crippen LogP contribution in [0.2, 0.25) is 0 Å². The molecular weight excluding hydrogens is 520 g/mol. The Balaban J connectivity index is 1.65. The highest BCUT2D eigenvalue weighted by molar-refractivity contribution is 9.10. The number of anilines is 1. The lowest BCUT2D eigenvalue weighted by molar-refractivity contribution is -0.122. The van der Waals surface area contributed by atoms with Gasteiger partial charge >= 0.3 is 0 Å². The minimum Gasteiger partial charge on any atom is -0.504 e. The maximum atomic E-state index is 13.6. The molecule has 0 unspecified atom stereocenters. The van der Waals surface area contributed by atoms with Crippen LogP contribution in [-0.4, -0.2) is 34.3 Å². The number of carbonyl (C=O) groups excluding carboxylic acids is 2. The fourth-order valence-electron chi connectivity index (χ4n) is 4.12. The van der Waals surface area contributed by atoms with Gasteiger partial charge in [0, 0.05) is 15.3 Å².